The van der Waals surface area contributed by atoms with Crippen molar-refractivity contribution in [1.29, 1.82) is 0 Å². The summed E-state index contributed by atoms with van der Waals surface area (Å²) in [5.41, 5.74) is -14.8. The largest absolute Gasteiger partial charge is 0.510 e. The molecule has 1 aliphatic rings. The second kappa shape index (κ2) is 16.6. The van der Waals surface area contributed by atoms with Crippen molar-refractivity contribution in [3.05, 3.63) is 198 Å². The molecule has 3 aromatic heterocycles. The van der Waals surface area contributed by atoms with Crippen LogP contribution in [0.3, 0.4) is 0 Å². The Bertz CT molecular complexity index is 4700. The van der Waals surface area contributed by atoms with Crippen LogP contribution in [0.5, 0.6) is 11.5 Å². The van der Waals surface area contributed by atoms with Gasteiger partial charge in [-0.05, 0) is 104 Å². The summed E-state index contributed by atoms with van der Waals surface area (Å²) in [6, 6.07) is 25.0. The van der Waals surface area contributed by atoms with Gasteiger partial charge in [0.15, 0.2) is 0 Å². The minimum atomic E-state index is -4.72. The SMILES string of the molecule is [2H]c1c([2H])c([2H])c(-c2cc(C([2H])([2H])[2H])cc(-c3c([2H])c([2H])c4c(c3[2H])C(C([2H])([2H])[2H])(C([2H])([2H])[2H])C([2H])([2H])C([2H])([2H])C4(C([2H])([2H])[2H])C([2H])([2H])[2H])c2-[n+]2[c-]n(-c3[c-]c(Oc4[c-]c5c(cc4)c4ccccc4n5-c4cc(C(C)(C)C)ccn4)ccc3)c3ccccc32)c([2H])c1[2H].[Pt]. The van der Waals surface area contributed by atoms with Crippen LogP contribution < -0.4 is 9.30 Å². The third-order valence-electron chi connectivity index (χ3n) is 11.5. The average molecular weight is 1080 g/mol. The van der Waals surface area contributed by atoms with E-state index in [4.69, 9.17) is 34.4 Å². The second-order valence-corrected chi connectivity index (χ2v) is 17.0. The van der Waals surface area contributed by atoms with Crippen molar-refractivity contribution in [2.75, 3.05) is 0 Å². The van der Waals surface area contributed by atoms with E-state index in [0.29, 0.717) is 11.3 Å². The van der Waals surface area contributed by atoms with Gasteiger partial charge in [-0.1, -0.05) is 162 Å². The Kier molecular flexibility index (Phi) is 5.71. The second-order valence-electron chi connectivity index (χ2n) is 17.0. The zero-order valence-electron chi connectivity index (χ0n) is 62.9. The fraction of sp³-hybridized carbons (Fsp3) is 0.213. The predicted octanol–water partition coefficient (Wildman–Crippen LogP) is 14.9. The van der Waals surface area contributed by atoms with Crippen molar-refractivity contribution < 1.29 is 67.4 Å². The van der Waals surface area contributed by atoms with E-state index < -0.39 is 151 Å². The first-order valence-electron chi connectivity index (χ1n) is 34.3. The molecule has 0 saturated carbocycles. The monoisotopic (exact) mass is 1080 g/mol. The van der Waals surface area contributed by atoms with Crippen LogP contribution in [0.15, 0.2) is 158 Å². The van der Waals surface area contributed by atoms with E-state index in [1.807, 2.05) is 47.0 Å². The van der Waals surface area contributed by atoms with Crippen LogP contribution in [0, 0.1) is 25.3 Å². The standard InChI is InChI=1S/C61H54N4O.Pt/c1-40-33-49(41-17-10-9-11-18-41)58(50(34-40)42-25-28-51-52(35-42)61(7,8)31-30-60(51,5)6)64-39-63(54-23-14-15-24-55(54)64)44-19-16-20-45(37-44)66-46-26-27-48-47-21-12-13-22-53(47)65(56(48)38-46)57-36-43(29-32-62-57)59(2,3)4;/h9-29,32-36H,30-31H2,1-8H3;/q-2;/i1D3,5D3,6D3,7D3,8D3,9D,10D,11D,17D,18D,25D,28D,30D2,31D2,35D;. The van der Waals surface area contributed by atoms with Gasteiger partial charge in [-0.25, -0.2) is 4.98 Å². The summed E-state index contributed by atoms with van der Waals surface area (Å²) in [5, 5.41) is 1.76. The molecule has 0 unspecified atom stereocenters. The molecule has 1 aliphatic carbocycles. The zero-order valence-corrected chi connectivity index (χ0v) is 38.2. The Balaban J connectivity index is 0.00000964. The molecular formula is C61H54N4OPt-2. The Morgan fingerprint density at radius 3 is 2.24 bits per heavy atom. The number of aryl methyl sites for hydroxylation is 1. The first-order valence-corrected chi connectivity index (χ1v) is 20.8. The van der Waals surface area contributed by atoms with E-state index in [0.717, 1.165) is 38.6 Å². The predicted molar refractivity (Wildman–Crippen MR) is 270 cm³/mol. The number of hydrogen-bond donors (Lipinski definition) is 0. The molecule has 6 heteroatoms. The molecule has 0 spiro atoms. The van der Waals surface area contributed by atoms with Crippen molar-refractivity contribution in [1.82, 2.24) is 14.1 Å². The van der Waals surface area contributed by atoms with E-state index in [1.165, 1.54) is 16.7 Å². The Hall–Kier alpha value is -6.55. The third-order valence-corrected chi connectivity index (χ3v) is 11.5. The molecule has 0 fully saturated rings. The number of hydrogen-bond acceptors (Lipinski definition) is 2. The van der Waals surface area contributed by atoms with Crippen LogP contribution in [0.4, 0.5) is 0 Å². The van der Waals surface area contributed by atoms with Gasteiger partial charge in [0.25, 0.3) is 6.33 Å². The smallest absolute Gasteiger partial charge is 0.268 e. The molecule has 11 rings (SSSR count). The molecule has 336 valence electrons. The van der Waals surface area contributed by atoms with Crippen LogP contribution >= 0.6 is 0 Å². The Labute approximate surface area is 446 Å². The maximum atomic E-state index is 10.2. The third kappa shape index (κ3) is 7.81. The van der Waals surface area contributed by atoms with Gasteiger partial charge in [-0.3, -0.25) is 4.57 Å². The molecule has 0 saturated heterocycles. The average Bonchev–Trinajstić information content (AvgIpc) is 0.731. The maximum absolute atomic E-state index is 10.2. The summed E-state index contributed by atoms with van der Waals surface area (Å²) in [7, 11) is 0. The van der Waals surface area contributed by atoms with Crippen molar-refractivity contribution in [3.63, 3.8) is 0 Å². The van der Waals surface area contributed by atoms with E-state index in [1.54, 1.807) is 42.6 Å². The molecule has 0 N–H and O–H groups in total. The zero-order chi connectivity index (χ0) is 68.6. The number of para-hydroxylation sites is 3. The maximum Gasteiger partial charge on any atom is 0.268 e. The summed E-state index contributed by atoms with van der Waals surface area (Å²) in [6.45, 7) is -14.7. The molecule has 0 bridgehead atoms. The molecule has 0 amide bonds. The van der Waals surface area contributed by atoms with Crippen molar-refractivity contribution in [2.45, 2.75) is 84.0 Å². The number of aromatic nitrogens is 4. The van der Waals surface area contributed by atoms with Crippen LogP contribution in [-0.4, -0.2) is 14.1 Å². The van der Waals surface area contributed by atoms with Gasteiger partial charge < -0.3 is 13.9 Å². The van der Waals surface area contributed by atoms with Crippen LogP contribution in [0.25, 0.3) is 72.3 Å². The van der Waals surface area contributed by atoms with Gasteiger partial charge in [0.2, 0.25) is 0 Å². The van der Waals surface area contributed by atoms with Crippen molar-refractivity contribution >= 4 is 32.8 Å². The van der Waals surface area contributed by atoms with Gasteiger partial charge in [-0.15, -0.1) is 29.7 Å². The minimum Gasteiger partial charge on any atom is -0.510 e. The topological polar surface area (TPSA) is 35.9 Å². The van der Waals surface area contributed by atoms with E-state index in [9.17, 15) is 12.3 Å². The Morgan fingerprint density at radius 2 is 1.46 bits per heavy atom. The minimum absolute atomic E-state index is 0. The van der Waals surface area contributed by atoms with Gasteiger partial charge in [0, 0.05) is 70.3 Å². The molecule has 3 heterocycles. The number of ether oxygens (including phenoxy) is 1. The van der Waals surface area contributed by atoms with Gasteiger partial charge >= 0.3 is 0 Å². The summed E-state index contributed by atoms with van der Waals surface area (Å²) in [5.74, 6) is 0.974. The fourth-order valence-electron chi connectivity index (χ4n) is 8.38. The molecule has 0 aliphatic heterocycles. The molecule has 10 aromatic rings. The molecular weight excluding hydrogens is 1000 g/mol. The molecule has 0 radical (unpaired) electrons. The molecule has 5 nitrogen and oxygen atoms in total. The van der Waals surface area contributed by atoms with Crippen LogP contribution in [-0.2, 0) is 37.3 Å². The molecule has 67 heavy (non-hydrogen) atoms. The summed E-state index contributed by atoms with van der Waals surface area (Å²) in [4.78, 5) is 4.76. The van der Waals surface area contributed by atoms with Gasteiger partial charge in [0.05, 0.1) is 27.7 Å². The van der Waals surface area contributed by atoms with E-state index in [2.05, 4.69) is 39.2 Å². The quantitative estimate of drug-likeness (QED) is 0.118. The first kappa shape index (κ1) is 23.0. The number of rotatable bonds is 7. The number of imidazole rings is 1. The van der Waals surface area contributed by atoms with E-state index in [-0.39, 0.29) is 54.7 Å². The van der Waals surface area contributed by atoms with Crippen molar-refractivity contribution in [3.8, 4) is 50.9 Å². The fourth-order valence-corrected chi connectivity index (χ4v) is 8.38. The first-order chi connectivity index (χ1) is 42.8. The number of pyridine rings is 1. The summed E-state index contributed by atoms with van der Waals surface area (Å²) < 4.78 is 256. The van der Waals surface area contributed by atoms with Crippen molar-refractivity contribution in [2.24, 2.45) is 0 Å². The number of benzene rings is 7. The Morgan fingerprint density at radius 1 is 0.731 bits per heavy atom. The van der Waals surface area contributed by atoms with Gasteiger partial charge in [0.1, 0.15) is 5.82 Å². The van der Waals surface area contributed by atoms with Crippen LogP contribution in [0.1, 0.15) is 120 Å². The van der Waals surface area contributed by atoms with Crippen LogP contribution in [0.2, 0.25) is 0 Å². The number of nitrogens with zero attached hydrogens (tertiary/aromatic N) is 4. The normalized spacial score (nSPS) is 22.6. The summed E-state index contributed by atoms with van der Waals surface area (Å²) in [6.07, 6.45) is -4.51. The molecule has 7 aromatic carbocycles. The summed E-state index contributed by atoms with van der Waals surface area (Å²) >= 11 is 0. The number of fused-ring (bicyclic) bond motifs is 5. The van der Waals surface area contributed by atoms with E-state index >= 15 is 0 Å². The molecule has 0 atom stereocenters. The van der Waals surface area contributed by atoms with Gasteiger partial charge in [-0.2, -0.15) is 18.2 Å².